The molecule has 8 nitrogen and oxygen atoms in total. The van der Waals surface area contributed by atoms with E-state index in [0.717, 1.165) is 18.8 Å². The number of rotatable bonds is 6. The summed E-state index contributed by atoms with van der Waals surface area (Å²) in [6.45, 7) is 7.46. The van der Waals surface area contributed by atoms with Crippen molar-refractivity contribution in [1.29, 1.82) is 0 Å². The van der Waals surface area contributed by atoms with Crippen LogP contribution < -0.4 is 10.6 Å². The van der Waals surface area contributed by atoms with Crippen molar-refractivity contribution < 1.29 is 14.3 Å². The first-order chi connectivity index (χ1) is 12.8. The molecule has 0 aromatic carbocycles. The highest BCUT2D eigenvalue weighted by atomic mass is 16.6. The van der Waals surface area contributed by atoms with Crippen molar-refractivity contribution in [3.8, 4) is 0 Å². The van der Waals surface area contributed by atoms with E-state index in [9.17, 15) is 9.59 Å². The summed E-state index contributed by atoms with van der Waals surface area (Å²) in [6.07, 6.45) is 4.11. The number of likely N-dealkylation sites (tertiary alicyclic amines) is 1. The molecule has 2 amide bonds. The largest absolute Gasteiger partial charge is 0.444 e. The second-order valence-electron chi connectivity index (χ2n) is 8.35. The molecule has 2 N–H and O–H groups in total. The van der Waals surface area contributed by atoms with E-state index in [1.165, 1.54) is 12.8 Å². The molecule has 1 saturated carbocycles. The van der Waals surface area contributed by atoms with Gasteiger partial charge in [-0.05, 0) is 51.7 Å². The number of carbonyl (C=O) groups excluding carboxylic acids is 2. The Hall–Kier alpha value is -2.38. The number of carbonyl (C=O) groups is 2. The van der Waals surface area contributed by atoms with E-state index in [2.05, 4.69) is 20.8 Å². The molecular formula is C19H29N5O3. The lowest BCUT2D eigenvalue weighted by atomic mass is 10.2. The average molecular weight is 375 g/mol. The first kappa shape index (κ1) is 19.4. The molecule has 2 fully saturated rings. The van der Waals surface area contributed by atoms with Crippen molar-refractivity contribution in [2.45, 2.75) is 58.1 Å². The van der Waals surface area contributed by atoms with E-state index in [4.69, 9.17) is 4.74 Å². The summed E-state index contributed by atoms with van der Waals surface area (Å²) < 4.78 is 5.40. The number of hydrogen-bond acceptors (Lipinski definition) is 6. The first-order valence-electron chi connectivity index (χ1n) is 9.66. The third-order valence-corrected chi connectivity index (χ3v) is 4.62. The van der Waals surface area contributed by atoms with Crippen LogP contribution in [0.2, 0.25) is 0 Å². The number of ether oxygens (including phenoxy) is 1. The number of anilines is 1. The Bertz CT molecular complexity index is 667. The van der Waals surface area contributed by atoms with E-state index in [-0.39, 0.29) is 18.0 Å². The van der Waals surface area contributed by atoms with Crippen LogP contribution in [0.25, 0.3) is 0 Å². The topological polar surface area (TPSA) is 96.5 Å². The van der Waals surface area contributed by atoms with Crippen LogP contribution in [0.4, 0.5) is 10.6 Å². The van der Waals surface area contributed by atoms with Crippen LogP contribution in [0.5, 0.6) is 0 Å². The summed E-state index contributed by atoms with van der Waals surface area (Å²) in [6, 6.07) is 3.51. The zero-order valence-corrected chi connectivity index (χ0v) is 16.3. The Labute approximate surface area is 160 Å². The fourth-order valence-electron chi connectivity index (χ4n) is 3.00. The first-order valence-corrected chi connectivity index (χ1v) is 9.66. The molecule has 1 aromatic heterocycles. The summed E-state index contributed by atoms with van der Waals surface area (Å²) in [7, 11) is 0. The number of amides is 2. The van der Waals surface area contributed by atoms with Crippen LogP contribution in [-0.4, -0.2) is 58.4 Å². The summed E-state index contributed by atoms with van der Waals surface area (Å²) >= 11 is 0. The second kappa shape index (κ2) is 8.10. The molecule has 2 aliphatic rings. The minimum atomic E-state index is -0.497. The molecule has 0 spiro atoms. The molecule has 1 aromatic rings. The average Bonchev–Trinajstić information content (AvgIpc) is 3.30. The van der Waals surface area contributed by atoms with Gasteiger partial charge in [0.15, 0.2) is 5.69 Å². The Morgan fingerprint density at radius 3 is 2.63 bits per heavy atom. The van der Waals surface area contributed by atoms with Gasteiger partial charge in [-0.2, -0.15) is 0 Å². The van der Waals surface area contributed by atoms with Gasteiger partial charge >= 0.3 is 6.09 Å². The summed E-state index contributed by atoms with van der Waals surface area (Å²) in [4.78, 5) is 25.8. The van der Waals surface area contributed by atoms with Crippen LogP contribution in [0.1, 0.15) is 56.9 Å². The summed E-state index contributed by atoms with van der Waals surface area (Å²) in [5, 5.41) is 14.2. The highest BCUT2D eigenvalue weighted by molar-refractivity contribution is 5.92. The smallest absolute Gasteiger partial charge is 0.410 e. The molecule has 8 heteroatoms. The van der Waals surface area contributed by atoms with Crippen LogP contribution in [0.3, 0.4) is 0 Å². The SMILES string of the molecule is CC(C)(C)OC(=O)N1CCC(Nc2ccc(C(=O)NCCC3CC3)nn2)C1. The lowest BCUT2D eigenvalue weighted by molar-refractivity contribution is 0.0293. The van der Waals surface area contributed by atoms with E-state index >= 15 is 0 Å². The molecule has 1 atom stereocenters. The van der Waals surface area contributed by atoms with E-state index in [1.807, 2.05) is 20.8 Å². The van der Waals surface area contributed by atoms with Crippen LogP contribution in [0, 0.1) is 5.92 Å². The molecule has 1 saturated heterocycles. The van der Waals surface area contributed by atoms with Gasteiger partial charge in [0.25, 0.3) is 5.91 Å². The molecule has 148 valence electrons. The van der Waals surface area contributed by atoms with Crippen molar-refractivity contribution in [2.75, 3.05) is 25.0 Å². The monoisotopic (exact) mass is 375 g/mol. The molecule has 1 aliphatic carbocycles. The predicted octanol–water partition coefficient (Wildman–Crippen LogP) is 2.43. The van der Waals surface area contributed by atoms with Gasteiger partial charge in [0.1, 0.15) is 11.4 Å². The summed E-state index contributed by atoms with van der Waals surface area (Å²) in [5.41, 5.74) is -0.179. The van der Waals surface area contributed by atoms with Gasteiger partial charge in [0.05, 0.1) is 0 Å². The van der Waals surface area contributed by atoms with Crippen LogP contribution in [0.15, 0.2) is 12.1 Å². The standard InChI is InChI=1S/C19H29N5O3/c1-19(2,3)27-18(26)24-11-9-14(12-24)21-16-7-6-15(22-23-16)17(25)20-10-8-13-4-5-13/h6-7,13-14H,4-5,8-12H2,1-3H3,(H,20,25)(H,21,23). The van der Waals surface area contributed by atoms with Gasteiger partial charge in [-0.3, -0.25) is 4.79 Å². The van der Waals surface area contributed by atoms with Crippen molar-refractivity contribution in [2.24, 2.45) is 5.92 Å². The maximum Gasteiger partial charge on any atom is 0.410 e. The van der Waals surface area contributed by atoms with Crippen molar-refractivity contribution in [3.63, 3.8) is 0 Å². The van der Waals surface area contributed by atoms with Crippen molar-refractivity contribution >= 4 is 17.8 Å². The minimum Gasteiger partial charge on any atom is -0.444 e. The normalized spacial score (nSPS) is 19.7. The third kappa shape index (κ3) is 6.08. The fourth-order valence-corrected chi connectivity index (χ4v) is 3.00. The van der Waals surface area contributed by atoms with Gasteiger partial charge in [0, 0.05) is 25.7 Å². The van der Waals surface area contributed by atoms with E-state index in [0.29, 0.717) is 31.1 Å². The Morgan fingerprint density at radius 1 is 1.22 bits per heavy atom. The Balaban J connectivity index is 1.44. The number of hydrogen-bond donors (Lipinski definition) is 2. The number of aromatic nitrogens is 2. The second-order valence-corrected chi connectivity index (χ2v) is 8.35. The number of nitrogens with zero attached hydrogens (tertiary/aromatic N) is 3. The predicted molar refractivity (Wildman–Crippen MR) is 102 cm³/mol. The molecule has 2 heterocycles. The molecule has 1 aliphatic heterocycles. The van der Waals surface area contributed by atoms with Gasteiger partial charge in [-0.15, -0.1) is 10.2 Å². The third-order valence-electron chi connectivity index (χ3n) is 4.62. The highest BCUT2D eigenvalue weighted by Gasteiger charge is 2.30. The van der Waals surface area contributed by atoms with Gasteiger partial charge in [-0.25, -0.2) is 4.79 Å². The van der Waals surface area contributed by atoms with Gasteiger partial charge < -0.3 is 20.3 Å². The van der Waals surface area contributed by atoms with Crippen LogP contribution in [-0.2, 0) is 4.74 Å². The molecule has 27 heavy (non-hydrogen) atoms. The minimum absolute atomic E-state index is 0.0880. The fraction of sp³-hybridized carbons (Fsp3) is 0.684. The van der Waals surface area contributed by atoms with Crippen LogP contribution >= 0.6 is 0 Å². The zero-order valence-electron chi connectivity index (χ0n) is 16.3. The molecular weight excluding hydrogens is 346 g/mol. The molecule has 0 radical (unpaired) electrons. The molecule has 3 rings (SSSR count). The molecule has 0 bridgehead atoms. The molecule has 1 unspecified atom stereocenters. The van der Waals surface area contributed by atoms with Gasteiger partial charge in [0.2, 0.25) is 0 Å². The lowest BCUT2D eigenvalue weighted by Gasteiger charge is -2.24. The Morgan fingerprint density at radius 2 is 2.00 bits per heavy atom. The van der Waals surface area contributed by atoms with E-state index in [1.54, 1.807) is 17.0 Å². The van der Waals surface area contributed by atoms with Crippen molar-refractivity contribution in [1.82, 2.24) is 20.4 Å². The highest BCUT2D eigenvalue weighted by Crippen LogP contribution is 2.31. The van der Waals surface area contributed by atoms with Crippen molar-refractivity contribution in [3.05, 3.63) is 17.8 Å². The Kier molecular flexibility index (Phi) is 5.82. The maximum absolute atomic E-state index is 12.1. The lowest BCUT2D eigenvalue weighted by Crippen LogP contribution is -2.36. The zero-order chi connectivity index (χ0) is 19.4. The van der Waals surface area contributed by atoms with E-state index < -0.39 is 5.60 Å². The summed E-state index contributed by atoms with van der Waals surface area (Å²) in [5.74, 6) is 1.20. The quantitative estimate of drug-likeness (QED) is 0.793. The maximum atomic E-state index is 12.1. The van der Waals surface area contributed by atoms with Gasteiger partial charge in [-0.1, -0.05) is 12.8 Å². The number of nitrogens with one attached hydrogen (secondary N) is 2.